The van der Waals surface area contributed by atoms with Gasteiger partial charge in [-0.25, -0.2) is 9.18 Å². The summed E-state index contributed by atoms with van der Waals surface area (Å²) in [5.41, 5.74) is -0.464. The highest BCUT2D eigenvalue weighted by atomic mass is 19.1. The van der Waals surface area contributed by atoms with Crippen LogP contribution in [-0.2, 0) is 4.74 Å². The third kappa shape index (κ3) is 2.00. The zero-order valence-corrected chi connectivity index (χ0v) is 10.0. The smallest absolute Gasteiger partial charge is 0.330 e. The second-order valence-electron chi connectivity index (χ2n) is 4.65. The number of nitrogens with two attached hydrogens (primary N) is 1. The van der Waals surface area contributed by atoms with Gasteiger partial charge in [-0.1, -0.05) is 0 Å². The summed E-state index contributed by atoms with van der Waals surface area (Å²) in [5, 5.41) is 18.9. The molecule has 0 spiro atoms. The fraction of sp³-hybridized carbons (Fsp3) is 0.600. The minimum absolute atomic E-state index is 0.651. The second-order valence-corrected chi connectivity index (χ2v) is 4.65. The summed E-state index contributed by atoms with van der Waals surface area (Å²) < 4.78 is 20.3. The van der Waals surface area contributed by atoms with Crippen molar-refractivity contribution in [3.63, 3.8) is 0 Å². The van der Waals surface area contributed by atoms with Gasteiger partial charge in [0.15, 0.2) is 17.6 Å². The molecule has 0 unspecified atom stereocenters. The summed E-state index contributed by atoms with van der Waals surface area (Å²) in [7, 11) is 0. The van der Waals surface area contributed by atoms with Gasteiger partial charge >= 0.3 is 5.69 Å². The Morgan fingerprint density at radius 2 is 2.26 bits per heavy atom. The Hall–Kier alpha value is -1.55. The normalized spacial score (nSPS) is 38.6. The van der Waals surface area contributed by atoms with Gasteiger partial charge in [0.1, 0.15) is 6.10 Å². The lowest BCUT2D eigenvalue weighted by molar-refractivity contribution is -0.126. The molecule has 1 aromatic heterocycles. The predicted octanol–water partition coefficient (Wildman–Crippen LogP) is -2.20. The van der Waals surface area contributed by atoms with Crippen molar-refractivity contribution in [2.75, 3.05) is 6.61 Å². The molecule has 1 saturated heterocycles. The van der Waals surface area contributed by atoms with E-state index in [9.17, 15) is 19.1 Å². The van der Waals surface area contributed by atoms with E-state index < -0.39 is 41.6 Å². The Kier molecular flexibility index (Phi) is 3.09. The number of ether oxygens (including phenoxy) is 1. The maximum Gasteiger partial charge on any atom is 0.330 e. The average Bonchev–Trinajstić information content (AvgIpc) is 2.51. The van der Waals surface area contributed by atoms with Gasteiger partial charge in [0.2, 0.25) is 0 Å². The summed E-state index contributed by atoms with van der Waals surface area (Å²) in [4.78, 5) is 24.5. The van der Waals surface area contributed by atoms with Crippen molar-refractivity contribution in [1.82, 2.24) is 9.55 Å². The first-order valence-corrected chi connectivity index (χ1v) is 5.48. The van der Waals surface area contributed by atoms with Crippen LogP contribution in [-0.4, -0.2) is 43.9 Å². The van der Waals surface area contributed by atoms with Gasteiger partial charge in [0.05, 0.1) is 6.61 Å². The van der Waals surface area contributed by atoms with E-state index >= 15 is 0 Å². The van der Waals surface area contributed by atoms with E-state index in [-0.39, 0.29) is 0 Å². The summed E-state index contributed by atoms with van der Waals surface area (Å²) in [6.07, 6.45) is -2.38. The van der Waals surface area contributed by atoms with Gasteiger partial charge < -0.3 is 14.9 Å². The molecule has 19 heavy (non-hydrogen) atoms. The standard InChI is InChI=1S/C10H14FN3O5/c1-9(11)6(17)10(12,4-15)19-7(9)14-3-2-5(16)13-8(14)18/h2-3,6-7,15,17H,4,12H2,1H3,(H,13,16,18)/t6-,7+,9+,10+/m0/s1. The van der Waals surface area contributed by atoms with E-state index in [1.165, 1.54) is 0 Å². The van der Waals surface area contributed by atoms with E-state index in [2.05, 4.69) is 0 Å². The summed E-state index contributed by atoms with van der Waals surface area (Å²) >= 11 is 0. The zero-order valence-electron chi connectivity index (χ0n) is 10.0. The van der Waals surface area contributed by atoms with Crippen molar-refractivity contribution in [2.45, 2.75) is 30.6 Å². The van der Waals surface area contributed by atoms with Gasteiger partial charge in [0, 0.05) is 12.3 Å². The molecule has 4 atom stereocenters. The third-order valence-corrected chi connectivity index (χ3v) is 3.16. The number of aromatic nitrogens is 2. The number of halogens is 1. The maximum absolute atomic E-state index is 14.5. The maximum atomic E-state index is 14.5. The Balaban J connectivity index is 2.51. The third-order valence-electron chi connectivity index (χ3n) is 3.16. The number of rotatable bonds is 2. The first-order chi connectivity index (χ1) is 8.72. The van der Waals surface area contributed by atoms with Crippen LogP contribution < -0.4 is 17.0 Å². The number of H-pyrrole nitrogens is 1. The Bertz CT molecular complexity index is 597. The number of hydrogen-bond acceptors (Lipinski definition) is 6. The van der Waals surface area contributed by atoms with Crippen molar-refractivity contribution < 1.29 is 19.3 Å². The zero-order chi connectivity index (χ0) is 14.4. The van der Waals surface area contributed by atoms with Gasteiger partial charge in [0.25, 0.3) is 5.56 Å². The molecule has 1 fully saturated rings. The minimum Gasteiger partial charge on any atom is -0.392 e. The van der Waals surface area contributed by atoms with E-state index in [0.29, 0.717) is 0 Å². The largest absolute Gasteiger partial charge is 0.392 e. The summed E-state index contributed by atoms with van der Waals surface area (Å²) in [5.74, 6) is 0. The molecule has 1 aliphatic heterocycles. The summed E-state index contributed by atoms with van der Waals surface area (Å²) in [6.45, 7) is 0.159. The first-order valence-electron chi connectivity index (χ1n) is 5.48. The number of alkyl halides is 1. The van der Waals surface area contributed by atoms with Gasteiger partial charge in [-0.3, -0.25) is 20.1 Å². The lowest BCUT2D eigenvalue weighted by Gasteiger charge is -2.26. The van der Waals surface area contributed by atoms with Crippen LogP contribution in [0.2, 0.25) is 0 Å². The van der Waals surface area contributed by atoms with Crippen molar-refractivity contribution >= 4 is 0 Å². The van der Waals surface area contributed by atoms with Crippen LogP contribution in [0.15, 0.2) is 21.9 Å². The number of hydrogen-bond donors (Lipinski definition) is 4. The molecule has 1 aromatic rings. The lowest BCUT2D eigenvalue weighted by Crippen LogP contribution is -2.55. The highest BCUT2D eigenvalue weighted by Gasteiger charge is 2.61. The minimum atomic E-state index is -2.42. The van der Waals surface area contributed by atoms with E-state index in [1.807, 2.05) is 4.98 Å². The van der Waals surface area contributed by atoms with Gasteiger partial charge in [-0.15, -0.1) is 0 Å². The number of nitrogens with zero attached hydrogens (tertiary/aromatic N) is 1. The second kappa shape index (κ2) is 4.23. The SMILES string of the molecule is C[C@]1(F)[C@H](n2ccc(=O)[nH]c2=O)O[C@](N)(CO)[C@H]1O. The van der Waals surface area contributed by atoms with Crippen molar-refractivity contribution in [2.24, 2.45) is 5.73 Å². The molecule has 2 rings (SSSR count). The van der Waals surface area contributed by atoms with E-state index in [0.717, 1.165) is 23.8 Å². The molecule has 8 nitrogen and oxygen atoms in total. The average molecular weight is 275 g/mol. The quantitative estimate of drug-likeness (QED) is 0.484. The molecule has 9 heteroatoms. The first kappa shape index (κ1) is 13.9. The number of aromatic amines is 1. The fourth-order valence-corrected chi connectivity index (χ4v) is 2.06. The Morgan fingerprint density at radius 1 is 1.63 bits per heavy atom. The number of nitrogens with one attached hydrogen (secondary N) is 1. The molecule has 0 bridgehead atoms. The molecular formula is C10H14FN3O5. The topological polar surface area (TPSA) is 131 Å². The molecule has 0 radical (unpaired) electrons. The predicted molar refractivity (Wildman–Crippen MR) is 61.0 cm³/mol. The van der Waals surface area contributed by atoms with Crippen LogP contribution in [0.5, 0.6) is 0 Å². The van der Waals surface area contributed by atoms with Gasteiger partial charge in [-0.05, 0) is 6.92 Å². The van der Waals surface area contributed by atoms with Crippen molar-refractivity contribution in [3.05, 3.63) is 33.1 Å². The van der Waals surface area contributed by atoms with Gasteiger partial charge in [-0.2, -0.15) is 0 Å². The van der Waals surface area contributed by atoms with E-state index in [1.54, 1.807) is 0 Å². The summed E-state index contributed by atoms with van der Waals surface area (Å²) in [6, 6.07) is 1.00. The number of aliphatic hydroxyl groups is 2. The highest BCUT2D eigenvalue weighted by molar-refractivity contribution is 5.06. The molecule has 5 N–H and O–H groups in total. The van der Waals surface area contributed by atoms with Crippen molar-refractivity contribution in [3.8, 4) is 0 Å². The van der Waals surface area contributed by atoms with E-state index in [4.69, 9.17) is 15.6 Å². The lowest BCUT2D eigenvalue weighted by atomic mass is 9.95. The van der Waals surface area contributed by atoms with Crippen LogP contribution in [0, 0.1) is 0 Å². The van der Waals surface area contributed by atoms with Crippen LogP contribution in [0.1, 0.15) is 13.2 Å². The molecule has 0 aromatic carbocycles. The van der Waals surface area contributed by atoms with Crippen molar-refractivity contribution in [1.29, 1.82) is 0 Å². The molecular weight excluding hydrogens is 261 g/mol. The Morgan fingerprint density at radius 3 is 2.74 bits per heavy atom. The number of aliphatic hydroxyl groups excluding tert-OH is 2. The molecule has 0 saturated carbocycles. The molecule has 106 valence electrons. The van der Waals surface area contributed by atoms with Crippen LogP contribution >= 0.6 is 0 Å². The fourth-order valence-electron chi connectivity index (χ4n) is 2.06. The van der Waals surface area contributed by atoms with Crippen LogP contribution in [0.3, 0.4) is 0 Å². The Labute approximate surface area is 106 Å². The van der Waals surface area contributed by atoms with Crippen LogP contribution in [0.25, 0.3) is 0 Å². The molecule has 2 heterocycles. The molecule has 0 aliphatic carbocycles. The molecule has 1 aliphatic rings. The van der Waals surface area contributed by atoms with Crippen LogP contribution in [0.4, 0.5) is 4.39 Å². The highest BCUT2D eigenvalue weighted by Crippen LogP contribution is 2.43. The molecule has 0 amide bonds. The monoisotopic (exact) mass is 275 g/mol.